The summed E-state index contributed by atoms with van der Waals surface area (Å²) in [5, 5.41) is 3.79. The molecule has 0 bridgehead atoms. The molecule has 26 heavy (non-hydrogen) atoms. The number of hydrogen-bond donors (Lipinski definition) is 1. The largest absolute Gasteiger partial charge is 0.383 e. The van der Waals surface area contributed by atoms with Gasteiger partial charge in [-0.05, 0) is 54.3 Å². The molecule has 1 aliphatic heterocycles. The zero-order chi connectivity index (χ0) is 18.4. The molecular formula is C21H25ClN2O2. The Balaban J connectivity index is 1.50. The van der Waals surface area contributed by atoms with E-state index in [0.29, 0.717) is 11.5 Å². The SMILES string of the molecule is COCCN1CC[C@H](CNC(=O)c2ccc(-c3ccc(Cl)cc3)cc2)C1. The fraction of sp³-hybridized carbons (Fsp3) is 0.381. The topological polar surface area (TPSA) is 41.6 Å². The molecule has 0 unspecified atom stereocenters. The van der Waals surface area contributed by atoms with E-state index in [0.717, 1.165) is 55.4 Å². The number of carbonyl (C=O) groups excluding carboxylic acids is 1. The maximum Gasteiger partial charge on any atom is 0.251 e. The van der Waals surface area contributed by atoms with Crippen LogP contribution in [0, 0.1) is 5.92 Å². The first-order chi connectivity index (χ1) is 12.7. The minimum Gasteiger partial charge on any atom is -0.383 e. The van der Waals surface area contributed by atoms with Crippen LogP contribution in [0.4, 0.5) is 0 Å². The zero-order valence-corrected chi connectivity index (χ0v) is 15.8. The molecule has 0 radical (unpaired) electrons. The third-order valence-electron chi connectivity index (χ3n) is 4.86. The van der Waals surface area contributed by atoms with Gasteiger partial charge >= 0.3 is 0 Å². The molecule has 138 valence electrons. The predicted molar refractivity (Wildman–Crippen MR) is 106 cm³/mol. The molecule has 1 N–H and O–H groups in total. The van der Waals surface area contributed by atoms with Crippen molar-refractivity contribution in [3.05, 3.63) is 59.1 Å². The average Bonchev–Trinajstić information content (AvgIpc) is 3.13. The van der Waals surface area contributed by atoms with Gasteiger partial charge in [0.25, 0.3) is 5.91 Å². The van der Waals surface area contributed by atoms with Crippen molar-refractivity contribution < 1.29 is 9.53 Å². The van der Waals surface area contributed by atoms with Gasteiger partial charge in [0, 0.05) is 37.3 Å². The van der Waals surface area contributed by atoms with E-state index < -0.39 is 0 Å². The van der Waals surface area contributed by atoms with Crippen LogP contribution in [0.5, 0.6) is 0 Å². The molecule has 1 saturated heterocycles. The number of nitrogens with one attached hydrogen (secondary N) is 1. The molecule has 2 aromatic carbocycles. The second-order valence-corrected chi connectivity index (χ2v) is 7.18. The lowest BCUT2D eigenvalue weighted by molar-refractivity contribution is 0.0946. The highest BCUT2D eigenvalue weighted by molar-refractivity contribution is 6.30. The van der Waals surface area contributed by atoms with E-state index >= 15 is 0 Å². The van der Waals surface area contributed by atoms with E-state index in [-0.39, 0.29) is 5.91 Å². The van der Waals surface area contributed by atoms with E-state index in [1.165, 1.54) is 0 Å². The van der Waals surface area contributed by atoms with Gasteiger partial charge in [-0.3, -0.25) is 4.79 Å². The summed E-state index contributed by atoms with van der Waals surface area (Å²) in [6.45, 7) is 4.56. The van der Waals surface area contributed by atoms with Crippen LogP contribution in [-0.2, 0) is 4.74 Å². The lowest BCUT2D eigenvalue weighted by atomic mass is 10.0. The van der Waals surface area contributed by atoms with Crippen molar-refractivity contribution in [2.45, 2.75) is 6.42 Å². The van der Waals surface area contributed by atoms with Gasteiger partial charge in [0.2, 0.25) is 0 Å². The standard InChI is InChI=1S/C21H25ClN2O2/c1-26-13-12-24-11-10-16(15-24)14-23-21(25)19-4-2-17(3-5-19)18-6-8-20(22)9-7-18/h2-9,16H,10-15H2,1H3,(H,23,25)/t16-/m1/s1. The summed E-state index contributed by atoms with van der Waals surface area (Å²) in [5.41, 5.74) is 2.85. The normalized spacial score (nSPS) is 17.4. The van der Waals surface area contributed by atoms with E-state index in [1.807, 2.05) is 48.5 Å². The Morgan fingerprint density at radius 1 is 1.15 bits per heavy atom. The van der Waals surface area contributed by atoms with Crippen molar-refractivity contribution >= 4 is 17.5 Å². The number of hydrogen-bond acceptors (Lipinski definition) is 3. The van der Waals surface area contributed by atoms with E-state index in [4.69, 9.17) is 16.3 Å². The van der Waals surface area contributed by atoms with Crippen molar-refractivity contribution in [3.8, 4) is 11.1 Å². The molecule has 1 atom stereocenters. The van der Waals surface area contributed by atoms with Gasteiger partial charge in [0.15, 0.2) is 0 Å². The lowest BCUT2D eigenvalue weighted by Gasteiger charge is -2.15. The molecule has 0 spiro atoms. The van der Waals surface area contributed by atoms with Crippen LogP contribution in [0.15, 0.2) is 48.5 Å². The summed E-state index contributed by atoms with van der Waals surface area (Å²) >= 11 is 5.93. The fourth-order valence-electron chi connectivity index (χ4n) is 3.30. The summed E-state index contributed by atoms with van der Waals surface area (Å²) in [4.78, 5) is 14.8. The van der Waals surface area contributed by atoms with Crippen molar-refractivity contribution in [3.63, 3.8) is 0 Å². The predicted octanol–water partition coefficient (Wildman–Crippen LogP) is 3.71. The maximum absolute atomic E-state index is 12.4. The molecule has 0 aromatic heterocycles. The van der Waals surface area contributed by atoms with Crippen molar-refractivity contribution in [1.29, 1.82) is 0 Å². The Morgan fingerprint density at radius 2 is 1.81 bits per heavy atom. The van der Waals surface area contributed by atoms with Crippen molar-refractivity contribution in [1.82, 2.24) is 10.2 Å². The Kier molecular flexibility index (Phi) is 6.67. The molecule has 1 fully saturated rings. The van der Waals surface area contributed by atoms with Crippen LogP contribution in [0.25, 0.3) is 11.1 Å². The van der Waals surface area contributed by atoms with Gasteiger partial charge in [-0.25, -0.2) is 0 Å². The van der Waals surface area contributed by atoms with E-state index in [1.54, 1.807) is 7.11 Å². The van der Waals surface area contributed by atoms with Crippen LogP contribution in [0.1, 0.15) is 16.8 Å². The first kappa shape index (κ1) is 18.9. The molecule has 0 saturated carbocycles. The Labute approximate surface area is 160 Å². The van der Waals surface area contributed by atoms with Crippen LogP contribution >= 0.6 is 11.6 Å². The molecule has 1 amide bonds. The maximum atomic E-state index is 12.4. The fourth-order valence-corrected chi connectivity index (χ4v) is 3.42. The number of nitrogens with zero attached hydrogens (tertiary/aromatic N) is 1. The smallest absolute Gasteiger partial charge is 0.251 e. The quantitative estimate of drug-likeness (QED) is 0.805. The first-order valence-corrected chi connectivity index (χ1v) is 9.39. The number of carbonyl (C=O) groups is 1. The lowest BCUT2D eigenvalue weighted by Crippen LogP contribution is -2.31. The van der Waals surface area contributed by atoms with Crippen molar-refractivity contribution in [2.75, 3.05) is 39.9 Å². The summed E-state index contributed by atoms with van der Waals surface area (Å²) in [7, 11) is 1.73. The van der Waals surface area contributed by atoms with Crippen molar-refractivity contribution in [2.24, 2.45) is 5.92 Å². The highest BCUT2D eigenvalue weighted by atomic mass is 35.5. The number of amides is 1. The highest BCUT2D eigenvalue weighted by Crippen LogP contribution is 2.22. The number of likely N-dealkylation sites (tertiary alicyclic amines) is 1. The van der Waals surface area contributed by atoms with Gasteiger partial charge in [-0.1, -0.05) is 35.9 Å². The second-order valence-electron chi connectivity index (χ2n) is 6.74. The zero-order valence-electron chi connectivity index (χ0n) is 15.1. The van der Waals surface area contributed by atoms with Gasteiger partial charge < -0.3 is 15.0 Å². The van der Waals surface area contributed by atoms with Gasteiger partial charge in [-0.2, -0.15) is 0 Å². The van der Waals surface area contributed by atoms with Gasteiger partial charge in [-0.15, -0.1) is 0 Å². The third kappa shape index (κ3) is 5.07. The molecule has 1 heterocycles. The molecule has 5 heteroatoms. The third-order valence-corrected chi connectivity index (χ3v) is 5.11. The van der Waals surface area contributed by atoms with E-state index in [9.17, 15) is 4.79 Å². The molecular weight excluding hydrogens is 348 g/mol. The Hall–Kier alpha value is -1.88. The highest BCUT2D eigenvalue weighted by Gasteiger charge is 2.22. The Morgan fingerprint density at radius 3 is 2.46 bits per heavy atom. The summed E-state index contributed by atoms with van der Waals surface area (Å²) < 4.78 is 5.12. The van der Waals surface area contributed by atoms with Crippen LogP contribution in [0.3, 0.4) is 0 Å². The van der Waals surface area contributed by atoms with E-state index in [2.05, 4.69) is 10.2 Å². The average molecular weight is 373 g/mol. The summed E-state index contributed by atoms with van der Waals surface area (Å²) in [6, 6.07) is 15.4. The summed E-state index contributed by atoms with van der Waals surface area (Å²) in [6.07, 6.45) is 1.12. The molecule has 4 nitrogen and oxygen atoms in total. The molecule has 1 aliphatic rings. The first-order valence-electron chi connectivity index (χ1n) is 9.01. The molecule has 0 aliphatic carbocycles. The van der Waals surface area contributed by atoms with Crippen LogP contribution in [0.2, 0.25) is 5.02 Å². The second kappa shape index (κ2) is 9.17. The molecule has 3 rings (SSSR count). The van der Waals surface area contributed by atoms with Crippen LogP contribution < -0.4 is 5.32 Å². The number of ether oxygens (including phenoxy) is 1. The number of methoxy groups -OCH3 is 1. The number of rotatable bonds is 7. The number of halogens is 1. The van der Waals surface area contributed by atoms with Gasteiger partial charge in [0.05, 0.1) is 6.61 Å². The minimum absolute atomic E-state index is 0.0111. The monoisotopic (exact) mass is 372 g/mol. The number of benzene rings is 2. The minimum atomic E-state index is -0.0111. The van der Waals surface area contributed by atoms with Gasteiger partial charge in [0.1, 0.15) is 0 Å². The Bertz CT molecular complexity index is 716. The van der Waals surface area contributed by atoms with Crippen LogP contribution in [-0.4, -0.2) is 50.7 Å². The summed E-state index contributed by atoms with van der Waals surface area (Å²) in [5.74, 6) is 0.507. The molecule has 2 aromatic rings.